The van der Waals surface area contributed by atoms with Gasteiger partial charge in [-0.25, -0.2) is 9.59 Å². The number of alkyl carbamates (subject to hydrolysis) is 1. The van der Waals surface area contributed by atoms with Crippen LogP contribution in [0.4, 0.5) is 4.79 Å². The Kier molecular flexibility index (Phi) is 9.71. The number of esters is 1. The lowest BCUT2D eigenvalue weighted by atomic mass is 10.2. The van der Waals surface area contributed by atoms with Gasteiger partial charge in [-0.3, -0.25) is 0 Å². The number of benzene rings is 3. The van der Waals surface area contributed by atoms with Crippen LogP contribution in [0.5, 0.6) is 5.75 Å². The van der Waals surface area contributed by atoms with Crippen molar-refractivity contribution in [3.63, 3.8) is 0 Å². The van der Waals surface area contributed by atoms with Gasteiger partial charge < -0.3 is 19.5 Å². The minimum absolute atomic E-state index is 0.0963. The number of carbonyl (C=O) groups is 2. The van der Waals surface area contributed by atoms with E-state index in [-0.39, 0.29) is 6.61 Å². The molecule has 0 aliphatic rings. The summed E-state index contributed by atoms with van der Waals surface area (Å²) in [7, 11) is -0.251. The van der Waals surface area contributed by atoms with E-state index in [2.05, 4.69) is 36.2 Å². The highest BCUT2D eigenvalue weighted by Crippen LogP contribution is 2.53. The monoisotopic (exact) mass is 522 g/mol. The minimum atomic E-state index is -1.85. The highest BCUT2D eigenvalue weighted by Gasteiger charge is 2.39. The fraction of sp³-hybridized carbons (Fsp3) is 0.333. The Hall–Kier alpha value is -3.37. The summed E-state index contributed by atoms with van der Waals surface area (Å²) in [6.45, 7) is 7.73. The highest BCUT2D eigenvalue weighted by molar-refractivity contribution is 7.88. The molecule has 0 aliphatic heterocycles. The standard InChI is InChI=1S/C30H36NO5P/c1-30(2,3)36-29(33)31-27(28(32)35-22-23-16-18-24(34-4)19-17-23)20-21-37(5,25-12-8-6-9-13-25)26-14-10-7-11-15-26/h6-19,27H,20-22H2,1-5H3/p+1. The average Bonchev–Trinajstić information content (AvgIpc) is 2.89. The van der Waals surface area contributed by atoms with Crippen LogP contribution in [0, 0.1) is 0 Å². The van der Waals surface area contributed by atoms with E-state index < -0.39 is 31.0 Å². The minimum Gasteiger partial charge on any atom is -0.497 e. The van der Waals surface area contributed by atoms with Gasteiger partial charge in [0.2, 0.25) is 0 Å². The van der Waals surface area contributed by atoms with Crippen LogP contribution in [0.3, 0.4) is 0 Å². The number of methoxy groups -OCH3 is 1. The van der Waals surface area contributed by atoms with E-state index >= 15 is 0 Å². The smallest absolute Gasteiger partial charge is 0.408 e. The van der Waals surface area contributed by atoms with E-state index in [1.807, 2.05) is 60.7 Å². The third kappa shape index (κ3) is 8.33. The first-order chi connectivity index (χ1) is 17.6. The molecule has 3 rings (SSSR count). The van der Waals surface area contributed by atoms with Crippen LogP contribution < -0.4 is 20.7 Å². The molecule has 1 N–H and O–H groups in total. The Morgan fingerprint density at radius 3 is 1.89 bits per heavy atom. The summed E-state index contributed by atoms with van der Waals surface area (Å²) in [6.07, 6.45) is 0.479. The summed E-state index contributed by atoms with van der Waals surface area (Å²) in [5.74, 6) is 0.235. The molecule has 1 atom stereocenters. The van der Waals surface area contributed by atoms with E-state index in [4.69, 9.17) is 14.2 Å². The molecule has 0 saturated heterocycles. The molecule has 7 heteroatoms. The molecule has 0 aromatic heterocycles. The highest BCUT2D eigenvalue weighted by atomic mass is 31.2. The van der Waals surface area contributed by atoms with E-state index in [0.717, 1.165) is 11.3 Å². The number of nitrogens with one attached hydrogen (secondary N) is 1. The molecule has 1 amide bonds. The van der Waals surface area contributed by atoms with Gasteiger partial charge in [0.15, 0.2) is 0 Å². The Morgan fingerprint density at radius 1 is 0.865 bits per heavy atom. The lowest BCUT2D eigenvalue weighted by Gasteiger charge is -2.26. The fourth-order valence-electron chi connectivity index (χ4n) is 3.98. The normalized spacial score (nSPS) is 12.4. The topological polar surface area (TPSA) is 73.9 Å². The van der Waals surface area contributed by atoms with Crippen LogP contribution in [0.2, 0.25) is 0 Å². The molecule has 3 aromatic rings. The van der Waals surface area contributed by atoms with Crippen molar-refractivity contribution in [1.29, 1.82) is 0 Å². The number of rotatable bonds is 10. The molecule has 0 spiro atoms. The molecule has 0 saturated carbocycles. The van der Waals surface area contributed by atoms with Crippen molar-refractivity contribution in [3.8, 4) is 5.75 Å². The van der Waals surface area contributed by atoms with Crippen molar-refractivity contribution in [2.75, 3.05) is 19.9 Å². The number of hydrogen-bond acceptors (Lipinski definition) is 5. The summed E-state index contributed by atoms with van der Waals surface area (Å²) >= 11 is 0. The molecular weight excluding hydrogens is 485 g/mol. The zero-order chi connectivity index (χ0) is 26.9. The van der Waals surface area contributed by atoms with Crippen LogP contribution in [0.15, 0.2) is 84.9 Å². The van der Waals surface area contributed by atoms with Crippen molar-refractivity contribution in [3.05, 3.63) is 90.5 Å². The summed E-state index contributed by atoms with van der Waals surface area (Å²) in [4.78, 5) is 25.9. The Bertz CT molecular complexity index is 1100. The molecular formula is C30H37NO5P+. The number of hydrogen-bond donors (Lipinski definition) is 1. The molecule has 3 aromatic carbocycles. The van der Waals surface area contributed by atoms with Crippen LogP contribution in [-0.4, -0.2) is 43.6 Å². The third-order valence-corrected chi connectivity index (χ3v) is 10.1. The van der Waals surface area contributed by atoms with Crippen LogP contribution >= 0.6 is 7.26 Å². The van der Waals surface area contributed by atoms with E-state index in [1.165, 1.54) is 10.6 Å². The van der Waals surface area contributed by atoms with Crippen LogP contribution in [0.25, 0.3) is 0 Å². The first-order valence-corrected chi connectivity index (χ1v) is 14.8. The van der Waals surface area contributed by atoms with E-state index in [1.54, 1.807) is 27.9 Å². The van der Waals surface area contributed by atoms with Gasteiger partial charge >= 0.3 is 12.1 Å². The SMILES string of the molecule is COc1ccc(COC(=O)C(CC[P+](C)(c2ccccc2)c2ccccc2)NC(=O)OC(C)(C)C)cc1. The quantitative estimate of drug-likeness (QED) is 0.288. The zero-order valence-corrected chi connectivity index (χ0v) is 23.2. The fourth-order valence-corrected chi connectivity index (χ4v) is 7.23. The zero-order valence-electron chi connectivity index (χ0n) is 22.3. The van der Waals surface area contributed by atoms with Gasteiger partial charge in [0.1, 0.15) is 24.0 Å². The van der Waals surface area contributed by atoms with E-state index in [9.17, 15) is 9.59 Å². The predicted molar refractivity (Wildman–Crippen MR) is 150 cm³/mol. The first kappa shape index (κ1) is 28.2. The second-order valence-electron chi connectivity index (χ2n) is 10.0. The van der Waals surface area contributed by atoms with Crippen LogP contribution in [-0.2, 0) is 20.9 Å². The third-order valence-electron chi connectivity index (χ3n) is 6.03. The molecule has 37 heavy (non-hydrogen) atoms. The molecule has 6 nitrogen and oxygen atoms in total. The predicted octanol–water partition coefficient (Wildman–Crippen LogP) is 5.32. The van der Waals surface area contributed by atoms with Crippen molar-refractivity contribution in [2.24, 2.45) is 0 Å². The summed E-state index contributed by atoms with van der Waals surface area (Å²) < 4.78 is 16.3. The van der Waals surface area contributed by atoms with Gasteiger partial charge in [-0.1, -0.05) is 48.5 Å². The van der Waals surface area contributed by atoms with Gasteiger partial charge in [0.05, 0.1) is 37.8 Å². The van der Waals surface area contributed by atoms with Crippen molar-refractivity contribution >= 4 is 29.9 Å². The second kappa shape index (κ2) is 12.7. The molecule has 0 bridgehead atoms. The molecule has 0 fully saturated rings. The molecule has 0 radical (unpaired) electrons. The van der Waals surface area contributed by atoms with E-state index in [0.29, 0.717) is 12.6 Å². The second-order valence-corrected chi connectivity index (χ2v) is 13.9. The molecule has 196 valence electrons. The first-order valence-electron chi connectivity index (χ1n) is 12.4. The Morgan fingerprint density at radius 2 is 1.41 bits per heavy atom. The summed E-state index contributed by atoms with van der Waals surface area (Å²) in [5.41, 5.74) is 0.146. The summed E-state index contributed by atoms with van der Waals surface area (Å²) in [6, 6.07) is 27.2. The Labute approximate surface area is 220 Å². The molecule has 0 aliphatic carbocycles. The van der Waals surface area contributed by atoms with Gasteiger partial charge in [0, 0.05) is 6.42 Å². The maximum absolute atomic E-state index is 13.2. The summed E-state index contributed by atoms with van der Waals surface area (Å²) in [5, 5.41) is 5.24. The molecule has 0 heterocycles. The number of amides is 1. The van der Waals surface area contributed by atoms with Crippen molar-refractivity contribution in [1.82, 2.24) is 5.32 Å². The molecule has 1 unspecified atom stereocenters. The number of ether oxygens (including phenoxy) is 3. The lowest BCUT2D eigenvalue weighted by molar-refractivity contribution is -0.147. The van der Waals surface area contributed by atoms with Crippen molar-refractivity contribution < 1.29 is 23.8 Å². The number of carbonyl (C=O) groups excluding carboxylic acids is 2. The van der Waals surface area contributed by atoms with Gasteiger partial charge in [0.25, 0.3) is 0 Å². The maximum atomic E-state index is 13.2. The maximum Gasteiger partial charge on any atom is 0.408 e. The van der Waals surface area contributed by atoms with Gasteiger partial charge in [-0.2, -0.15) is 0 Å². The van der Waals surface area contributed by atoms with Gasteiger partial charge in [-0.05, 0) is 62.7 Å². The van der Waals surface area contributed by atoms with Crippen molar-refractivity contribution in [2.45, 2.75) is 45.4 Å². The van der Waals surface area contributed by atoms with Gasteiger partial charge in [-0.15, -0.1) is 0 Å². The Balaban J connectivity index is 1.80. The average molecular weight is 523 g/mol. The van der Waals surface area contributed by atoms with Crippen LogP contribution in [0.1, 0.15) is 32.8 Å². The largest absolute Gasteiger partial charge is 0.497 e. The lowest BCUT2D eigenvalue weighted by Crippen LogP contribution is -2.45.